The first-order chi connectivity index (χ1) is 14.3. The summed E-state index contributed by atoms with van der Waals surface area (Å²) in [4.78, 5) is 16.3. The van der Waals surface area contributed by atoms with E-state index in [0.717, 1.165) is 36.4 Å². The maximum atomic E-state index is 12.3. The van der Waals surface area contributed by atoms with Gasteiger partial charge in [0, 0.05) is 31.1 Å². The average molecular weight is 410 g/mol. The Morgan fingerprint density at radius 2 is 2.00 bits per heavy atom. The fourth-order valence-corrected chi connectivity index (χ4v) is 4.00. The number of ether oxygens (including phenoxy) is 1. The third-order valence-corrected chi connectivity index (χ3v) is 5.69. The molecule has 0 radical (unpaired) electrons. The molecule has 1 amide bonds. The monoisotopic (exact) mass is 409 g/mol. The standard InChI is InChI=1S/C21H23N5O2S/c27-19(23-13-18-7-4-12-28-18)15-29-21-25-24-20(17-8-10-22-11-9-17)26(21)14-16-5-2-1-3-6-16/h1-3,5-6,8-11,18H,4,7,12-15H2,(H,23,27). The fraction of sp³-hybridized carbons (Fsp3) is 0.333. The van der Waals surface area contributed by atoms with E-state index < -0.39 is 0 Å². The topological polar surface area (TPSA) is 81.9 Å². The minimum Gasteiger partial charge on any atom is -0.376 e. The second-order valence-corrected chi connectivity index (χ2v) is 7.78. The number of nitrogens with one attached hydrogen (secondary N) is 1. The number of carbonyl (C=O) groups excluding carboxylic acids is 1. The Morgan fingerprint density at radius 1 is 1.17 bits per heavy atom. The predicted molar refractivity (Wildman–Crippen MR) is 112 cm³/mol. The Morgan fingerprint density at radius 3 is 2.76 bits per heavy atom. The normalized spacial score (nSPS) is 16.1. The highest BCUT2D eigenvalue weighted by atomic mass is 32.2. The van der Waals surface area contributed by atoms with Crippen molar-refractivity contribution in [1.82, 2.24) is 25.1 Å². The Hall–Kier alpha value is -2.71. The van der Waals surface area contributed by atoms with Crippen LogP contribution in [0, 0.1) is 0 Å². The van der Waals surface area contributed by atoms with Crippen LogP contribution in [-0.4, -0.2) is 50.7 Å². The number of hydrogen-bond donors (Lipinski definition) is 1. The van der Waals surface area contributed by atoms with Crippen LogP contribution < -0.4 is 5.32 Å². The van der Waals surface area contributed by atoms with Crippen molar-refractivity contribution in [3.63, 3.8) is 0 Å². The van der Waals surface area contributed by atoms with Gasteiger partial charge in [0.05, 0.1) is 18.4 Å². The third-order valence-electron chi connectivity index (χ3n) is 4.72. The molecular formula is C21H23N5O2S. The van der Waals surface area contributed by atoms with Gasteiger partial charge in [-0.2, -0.15) is 0 Å². The lowest BCUT2D eigenvalue weighted by Gasteiger charge is -2.12. The van der Waals surface area contributed by atoms with Gasteiger partial charge in [-0.05, 0) is 30.5 Å². The molecule has 0 bridgehead atoms. The molecule has 150 valence electrons. The van der Waals surface area contributed by atoms with Crippen molar-refractivity contribution < 1.29 is 9.53 Å². The zero-order chi connectivity index (χ0) is 19.9. The highest BCUT2D eigenvalue weighted by Gasteiger charge is 2.18. The van der Waals surface area contributed by atoms with E-state index in [1.54, 1.807) is 12.4 Å². The smallest absolute Gasteiger partial charge is 0.230 e. The van der Waals surface area contributed by atoms with Crippen molar-refractivity contribution in [2.45, 2.75) is 30.6 Å². The molecule has 1 aliphatic heterocycles. The molecule has 1 fully saturated rings. The fourth-order valence-electron chi connectivity index (χ4n) is 3.23. The van der Waals surface area contributed by atoms with Crippen molar-refractivity contribution in [1.29, 1.82) is 0 Å². The SMILES string of the molecule is O=C(CSc1nnc(-c2ccncc2)n1Cc1ccccc1)NCC1CCCO1. The largest absolute Gasteiger partial charge is 0.376 e. The summed E-state index contributed by atoms with van der Waals surface area (Å²) >= 11 is 1.39. The summed E-state index contributed by atoms with van der Waals surface area (Å²) < 4.78 is 7.60. The van der Waals surface area contributed by atoms with E-state index in [-0.39, 0.29) is 17.8 Å². The summed E-state index contributed by atoms with van der Waals surface area (Å²) in [6.07, 6.45) is 5.69. The molecule has 1 unspecified atom stereocenters. The number of thioether (sulfide) groups is 1. The third kappa shape index (κ3) is 5.21. The number of aromatic nitrogens is 4. The van der Waals surface area contributed by atoms with Gasteiger partial charge >= 0.3 is 0 Å². The summed E-state index contributed by atoms with van der Waals surface area (Å²) in [5.41, 5.74) is 2.09. The van der Waals surface area contributed by atoms with E-state index in [4.69, 9.17) is 4.74 Å². The molecule has 1 atom stereocenters. The molecule has 0 spiro atoms. The lowest BCUT2D eigenvalue weighted by Crippen LogP contribution is -2.32. The second-order valence-electron chi connectivity index (χ2n) is 6.84. The molecule has 0 saturated carbocycles. The Bertz CT molecular complexity index is 927. The first-order valence-corrected chi connectivity index (χ1v) is 10.7. The summed E-state index contributed by atoms with van der Waals surface area (Å²) in [6.45, 7) is 1.99. The Kier molecular flexibility index (Phi) is 6.53. The van der Waals surface area contributed by atoms with Crippen LogP contribution in [0.3, 0.4) is 0 Å². The molecule has 3 aromatic rings. The van der Waals surface area contributed by atoms with Crippen LogP contribution >= 0.6 is 11.8 Å². The number of amides is 1. The minimum atomic E-state index is -0.0229. The molecule has 0 aliphatic carbocycles. The van der Waals surface area contributed by atoms with Crippen LogP contribution in [0.1, 0.15) is 18.4 Å². The maximum Gasteiger partial charge on any atom is 0.230 e. The zero-order valence-corrected chi connectivity index (χ0v) is 16.8. The van der Waals surface area contributed by atoms with E-state index >= 15 is 0 Å². The van der Waals surface area contributed by atoms with Gasteiger partial charge in [-0.1, -0.05) is 42.1 Å². The van der Waals surface area contributed by atoms with E-state index in [1.165, 1.54) is 11.8 Å². The highest BCUT2D eigenvalue weighted by Crippen LogP contribution is 2.24. The van der Waals surface area contributed by atoms with Gasteiger partial charge < -0.3 is 10.1 Å². The van der Waals surface area contributed by atoms with Crippen LogP contribution in [0.2, 0.25) is 0 Å². The zero-order valence-electron chi connectivity index (χ0n) is 16.0. The summed E-state index contributed by atoms with van der Waals surface area (Å²) in [5.74, 6) is 1.03. The van der Waals surface area contributed by atoms with Gasteiger partial charge in [0.1, 0.15) is 0 Å². The van der Waals surface area contributed by atoms with Gasteiger partial charge in [-0.15, -0.1) is 10.2 Å². The maximum absolute atomic E-state index is 12.3. The molecule has 1 N–H and O–H groups in total. The van der Waals surface area contributed by atoms with E-state index in [1.807, 2.05) is 34.9 Å². The number of nitrogens with zero attached hydrogens (tertiary/aromatic N) is 4. The first kappa shape index (κ1) is 19.6. The summed E-state index contributed by atoms with van der Waals surface area (Å²) in [5, 5.41) is 12.4. The molecule has 7 nitrogen and oxygen atoms in total. The number of benzene rings is 1. The molecule has 1 aromatic carbocycles. The lowest BCUT2D eigenvalue weighted by atomic mass is 10.2. The molecule has 2 aromatic heterocycles. The van der Waals surface area contributed by atoms with Gasteiger partial charge in [0.25, 0.3) is 0 Å². The van der Waals surface area contributed by atoms with Crippen molar-refractivity contribution >= 4 is 17.7 Å². The highest BCUT2D eigenvalue weighted by molar-refractivity contribution is 7.99. The molecule has 1 saturated heterocycles. The molecule has 29 heavy (non-hydrogen) atoms. The van der Waals surface area contributed by atoms with Crippen molar-refractivity contribution in [3.05, 3.63) is 60.4 Å². The molecular weight excluding hydrogens is 386 g/mol. The lowest BCUT2D eigenvalue weighted by molar-refractivity contribution is -0.119. The number of pyridine rings is 1. The van der Waals surface area contributed by atoms with Crippen LogP contribution in [0.5, 0.6) is 0 Å². The van der Waals surface area contributed by atoms with Crippen LogP contribution in [-0.2, 0) is 16.1 Å². The van der Waals surface area contributed by atoms with Gasteiger partial charge in [0.15, 0.2) is 11.0 Å². The molecule has 8 heteroatoms. The van der Waals surface area contributed by atoms with Crippen LogP contribution in [0.25, 0.3) is 11.4 Å². The van der Waals surface area contributed by atoms with E-state index in [2.05, 4.69) is 32.6 Å². The van der Waals surface area contributed by atoms with Crippen molar-refractivity contribution in [2.24, 2.45) is 0 Å². The van der Waals surface area contributed by atoms with Crippen molar-refractivity contribution in [2.75, 3.05) is 18.9 Å². The summed E-state index contributed by atoms with van der Waals surface area (Å²) in [7, 11) is 0. The van der Waals surface area contributed by atoms with Gasteiger partial charge in [-0.25, -0.2) is 0 Å². The molecule has 1 aliphatic rings. The van der Waals surface area contributed by atoms with Gasteiger partial charge in [-0.3, -0.25) is 14.3 Å². The summed E-state index contributed by atoms with van der Waals surface area (Å²) in [6, 6.07) is 14.0. The first-order valence-electron chi connectivity index (χ1n) is 9.68. The Balaban J connectivity index is 1.47. The number of hydrogen-bond acceptors (Lipinski definition) is 6. The minimum absolute atomic E-state index is 0.0229. The Labute approximate surface area is 173 Å². The van der Waals surface area contributed by atoms with Crippen LogP contribution in [0.4, 0.5) is 0 Å². The number of rotatable bonds is 8. The van der Waals surface area contributed by atoms with E-state index in [9.17, 15) is 4.79 Å². The van der Waals surface area contributed by atoms with Crippen molar-refractivity contribution in [3.8, 4) is 11.4 Å². The van der Waals surface area contributed by atoms with E-state index in [0.29, 0.717) is 18.2 Å². The van der Waals surface area contributed by atoms with Gasteiger partial charge in [0.2, 0.25) is 5.91 Å². The second kappa shape index (κ2) is 9.67. The molecule has 4 rings (SSSR count). The predicted octanol–water partition coefficient (Wildman–Crippen LogP) is 2.78. The quantitative estimate of drug-likeness (QED) is 0.576. The van der Waals surface area contributed by atoms with Crippen LogP contribution in [0.15, 0.2) is 60.0 Å². The number of carbonyl (C=O) groups is 1. The molecule has 3 heterocycles. The average Bonchev–Trinajstić information content (AvgIpc) is 3.42.